The Bertz CT molecular complexity index is 1150. The standard InChI is InChI=1S/C23H18ClN3O3S/c24-18-14-15(27-21(28)16-4-1-2-5-17(16)22(27)29)7-8-19(18)25-9-11-26(12-10-25)23(30)20-6-3-13-31-20/h1-8,13-14H,9-12H2. The highest BCUT2D eigenvalue weighted by molar-refractivity contribution is 7.12. The Labute approximate surface area is 188 Å². The molecule has 8 heteroatoms. The Hall–Kier alpha value is -3.16. The number of amides is 3. The summed E-state index contributed by atoms with van der Waals surface area (Å²) in [5.74, 6) is -0.628. The van der Waals surface area contributed by atoms with E-state index in [2.05, 4.69) is 4.90 Å². The molecule has 1 saturated heterocycles. The number of rotatable bonds is 3. The van der Waals surface area contributed by atoms with Crippen LogP contribution in [0, 0.1) is 0 Å². The summed E-state index contributed by atoms with van der Waals surface area (Å²) in [6.07, 6.45) is 0. The Morgan fingerprint density at radius 2 is 1.55 bits per heavy atom. The first kappa shape index (κ1) is 19.8. The van der Waals surface area contributed by atoms with Crippen molar-refractivity contribution >= 4 is 52.0 Å². The van der Waals surface area contributed by atoms with Crippen molar-refractivity contribution in [3.63, 3.8) is 0 Å². The first-order chi connectivity index (χ1) is 15.0. The van der Waals surface area contributed by atoms with Crippen LogP contribution in [0.2, 0.25) is 5.02 Å². The molecule has 6 nitrogen and oxygen atoms in total. The molecule has 2 aromatic carbocycles. The fourth-order valence-electron chi connectivity index (χ4n) is 4.02. The van der Waals surface area contributed by atoms with E-state index in [1.807, 2.05) is 28.5 Å². The van der Waals surface area contributed by atoms with Crippen molar-refractivity contribution in [2.75, 3.05) is 36.0 Å². The Morgan fingerprint density at radius 1 is 0.871 bits per heavy atom. The summed E-state index contributed by atoms with van der Waals surface area (Å²) >= 11 is 8.01. The van der Waals surface area contributed by atoms with Crippen LogP contribution in [-0.4, -0.2) is 48.8 Å². The van der Waals surface area contributed by atoms with E-state index in [4.69, 9.17) is 11.6 Å². The van der Waals surface area contributed by atoms with Crippen LogP contribution < -0.4 is 9.80 Å². The van der Waals surface area contributed by atoms with Gasteiger partial charge in [-0.1, -0.05) is 29.8 Å². The Morgan fingerprint density at radius 3 is 2.13 bits per heavy atom. The monoisotopic (exact) mass is 451 g/mol. The number of hydrogen-bond acceptors (Lipinski definition) is 5. The van der Waals surface area contributed by atoms with E-state index in [0.717, 1.165) is 15.5 Å². The van der Waals surface area contributed by atoms with Gasteiger partial charge in [0.15, 0.2) is 0 Å². The van der Waals surface area contributed by atoms with Gasteiger partial charge in [-0.3, -0.25) is 14.4 Å². The van der Waals surface area contributed by atoms with Crippen LogP contribution in [0.5, 0.6) is 0 Å². The highest BCUT2D eigenvalue weighted by Crippen LogP contribution is 2.34. The third kappa shape index (κ3) is 3.40. The maximum atomic E-state index is 12.7. The van der Waals surface area contributed by atoms with Gasteiger partial charge in [0, 0.05) is 26.2 Å². The molecule has 3 amide bonds. The van der Waals surface area contributed by atoms with Gasteiger partial charge in [-0.05, 0) is 41.8 Å². The number of piperazine rings is 1. The van der Waals surface area contributed by atoms with Crippen LogP contribution in [0.1, 0.15) is 30.4 Å². The van der Waals surface area contributed by atoms with Crippen LogP contribution in [-0.2, 0) is 0 Å². The molecule has 0 N–H and O–H groups in total. The quantitative estimate of drug-likeness (QED) is 0.561. The van der Waals surface area contributed by atoms with Gasteiger partial charge in [0.2, 0.25) is 0 Å². The molecule has 2 aliphatic rings. The summed E-state index contributed by atoms with van der Waals surface area (Å²) in [6, 6.07) is 15.7. The van der Waals surface area contributed by atoms with E-state index in [1.165, 1.54) is 11.3 Å². The van der Waals surface area contributed by atoms with Gasteiger partial charge in [0.05, 0.1) is 32.4 Å². The van der Waals surface area contributed by atoms with Gasteiger partial charge in [0.1, 0.15) is 0 Å². The van der Waals surface area contributed by atoms with Crippen LogP contribution in [0.3, 0.4) is 0 Å². The predicted octanol–water partition coefficient (Wildman–Crippen LogP) is 4.16. The number of thiophene rings is 1. The van der Waals surface area contributed by atoms with Gasteiger partial charge in [-0.25, -0.2) is 4.90 Å². The zero-order valence-corrected chi connectivity index (χ0v) is 18.0. The molecule has 0 unspecified atom stereocenters. The second kappa shape index (κ2) is 7.83. The second-order valence-electron chi connectivity index (χ2n) is 7.38. The number of fused-ring (bicyclic) bond motifs is 1. The Balaban J connectivity index is 1.32. The topological polar surface area (TPSA) is 60.9 Å². The minimum absolute atomic E-state index is 0.0571. The summed E-state index contributed by atoms with van der Waals surface area (Å²) in [7, 11) is 0. The third-order valence-electron chi connectivity index (χ3n) is 5.62. The van der Waals surface area contributed by atoms with Crippen LogP contribution in [0.15, 0.2) is 60.0 Å². The van der Waals surface area contributed by atoms with E-state index in [0.29, 0.717) is 48.0 Å². The van der Waals surface area contributed by atoms with Crippen LogP contribution >= 0.6 is 22.9 Å². The number of anilines is 2. The summed E-state index contributed by atoms with van der Waals surface area (Å²) in [4.78, 5) is 43.9. The van der Waals surface area contributed by atoms with Crippen LogP contribution in [0.4, 0.5) is 11.4 Å². The van der Waals surface area contributed by atoms with Gasteiger partial charge < -0.3 is 9.80 Å². The molecule has 0 spiro atoms. The van der Waals surface area contributed by atoms with Gasteiger partial charge in [0.25, 0.3) is 17.7 Å². The lowest BCUT2D eigenvalue weighted by molar-refractivity contribution is 0.0751. The average Bonchev–Trinajstić information content (AvgIpc) is 3.41. The van der Waals surface area contributed by atoms with Crippen LogP contribution in [0.25, 0.3) is 0 Å². The number of carbonyl (C=O) groups excluding carboxylic acids is 3. The lowest BCUT2D eigenvalue weighted by Crippen LogP contribution is -2.48. The fourth-order valence-corrected chi connectivity index (χ4v) is 5.01. The maximum Gasteiger partial charge on any atom is 0.266 e. The van der Waals surface area contributed by atoms with Crippen molar-refractivity contribution in [2.24, 2.45) is 0 Å². The highest BCUT2D eigenvalue weighted by atomic mass is 35.5. The number of nitrogens with zero attached hydrogens (tertiary/aromatic N) is 3. The van der Waals surface area contributed by atoms with Crippen molar-refractivity contribution in [3.8, 4) is 0 Å². The van der Waals surface area contributed by atoms with Crippen molar-refractivity contribution in [2.45, 2.75) is 0 Å². The van der Waals surface area contributed by atoms with E-state index >= 15 is 0 Å². The Kier molecular flexibility index (Phi) is 5.00. The average molecular weight is 452 g/mol. The molecular weight excluding hydrogens is 434 g/mol. The summed E-state index contributed by atoms with van der Waals surface area (Å²) in [6.45, 7) is 2.52. The minimum atomic E-state index is -0.342. The first-order valence-corrected chi connectivity index (χ1v) is 11.2. The zero-order chi connectivity index (χ0) is 21.5. The summed E-state index contributed by atoms with van der Waals surface area (Å²) < 4.78 is 0. The lowest BCUT2D eigenvalue weighted by atomic mass is 10.1. The summed E-state index contributed by atoms with van der Waals surface area (Å²) in [5.41, 5.74) is 2.08. The van der Waals surface area contributed by atoms with Gasteiger partial charge in [-0.15, -0.1) is 11.3 Å². The fraction of sp³-hybridized carbons (Fsp3) is 0.174. The molecule has 2 aliphatic heterocycles. The molecule has 31 heavy (non-hydrogen) atoms. The largest absolute Gasteiger partial charge is 0.367 e. The molecule has 0 saturated carbocycles. The van der Waals surface area contributed by atoms with E-state index in [1.54, 1.807) is 36.4 Å². The number of imide groups is 1. The van der Waals surface area contributed by atoms with Gasteiger partial charge in [-0.2, -0.15) is 0 Å². The molecule has 1 aromatic heterocycles. The third-order valence-corrected chi connectivity index (χ3v) is 6.78. The smallest absolute Gasteiger partial charge is 0.266 e. The van der Waals surface area contributed by atoms with Gasteiger partial charge >= 0.3 is 0 Å². The van der Waals surface area contributed by atoms with E-state index in [9.17, 15) is 14.4 Å². The van der Waals surface area contributed by atoms with Crippen molar-refractivity contribution in [1.82, 2.24) is 4.90 Å². The molecule has 5 rings (SSSR count). The molecule has 1 fully saturated rings. The number of halogens is 1. The molecule has 156 valence electrons. The molecule has 0 atom stereocenters. The second-order valence-corrected chi connectivity index (χ2v) is 8.74. The maximum absolute atomic E-state index is 12.7. The molecule has 0 bridgehead atoms. The minimum Gasteiger partial charge on any atom is -0.367 e. The SMILES string of the molecule is O=C(c1cccs1)N1CCN(c2ccc(N3C(=O)c4ccccc4C3=O)cc2Cl)CC1. The number of carbonyl (C=O) groups is 3. The van der Waals surface area contributed by atoms with Crippen molar-refractivity contribution in [3.05, 3.63) is 81.0 Å². The number of benzene rings is 2. The first-order valence-electron chi connectivity index (χ1n) is 9.89. The zero-order valence-electron chi connectivity index (χ0n) is 16.5. The lowest BCUT2D eigenvalue weighted by Gasteiger charge is -2.36. The molecule has 0 radical (unpaired) electrons. The van der Waals surface area contributed by atoms with Crippen molar-refractivity contribution < 1.29 is 14.4 Å². The normalized spacial score (nSPS) is 16.1. The molecule has 3 heterocycles. The number of hydrogen-bond donors (Lipinski definition) is 0. The highest BCUT2D eigenvalue weighted by Gasteiger charge is 2.36. The predicted molar refractivity (Wildman–Crippen MR) is 121 cm³/mol. The van der Waals surface area contributed by atoms with E-state index < -0.39 is 0 Å². The van der Waals surface area contributed by atoms with Crippen molar-refractivity contribution in [1.29, 1.82) is 0 Å². The molecular formula is C23H18ClN3O3S. The molecule has 3 aromatic rings. The molecule has 0 aliphatic carbocycles. The summed E-state index contributed by atoms with van der Waals surface area (Å²) in [5, 5.41) is 2.37. The van der Waals surface area contributed by atoms with E-state index in [-0.39, 0.29) is 17.7 Å².